The number of hydrogen-bond acceptors (Lipinski definition) is 8. The number of nitrogens with zero attached hydrogens (tertiary/aromatic N) is 1. The molecular weight excluding hydrogens is 356 g/mol. The summed E-state index contributed by atoms with van der Waals surface area (Å²) in [6, 6.07) is 8.34. The molecule has 2 aromatic carbocycles. The van der Waals surface area contributed by atoms with E-state index in [0.717, 1.165) is 0 Å². The predicted molar refractivity (Wildman–Crippen MR) is 100 cm³/mol. The van der Waals surface area contributed by atoms with Crippen LogP contribution in [0.5, 0.6) is 17.2 Å². The number of benzene rings is 2. The fourth-order valence-corrected chi connectivity index (χ4v) is 3.67. The Hall–Kier alpha value is -3.26. The number of thiazole rings is 1. The molecule has 0 amide bonds. The number of anilines is 1. The highest BCUT2D eigenvalue weighted by molar-refractivity contribution is 7.23. The number of nitrogen functional groups attached to an aromatic ring is 1. The number of hydrogen-bond donors (Lipinski definition) is 2. The summed E-state index contributed by atoms with van der Waals surface area (Å²) in [5.41, 5.74) is 6.57. The van der Waals surface area contributed by atoms with Gasteiger partial charge >= 0.3 is 0 Å². The van der Waals surface area contributed by atoms with E-state index in [1.165, 1.54) is 25.6 Å². The summed E-state index contributed by atoms with van der Waals surface area (Å²) >= 11 is 1.17. The molecule has 0 saturated heterocycles. The highest BCUT2D eigenvalue weighted by Gasteiger charge is 2.20. The van der Waals surface area contributed by atoms with Gasteiger partial charge in [0.25, 0.3) is 0 Å². The third-order valence-electron chi connectivity index (χ3n) is 4.02. The second-order valence-corrected chi connectivity index (χ2v) is 6.58. The van der Waals surface area contributed by atoms with Gasteiger partial charge in [0.05, 0.1) is 29.8 Å². The summed E-state index contributed by atoms with van der Waals surface area (Å²) in [5, 5.41) is 11.1. The molecule has 132 valence electrons. The van der Waals surface area contributed by atoms with E-state index < -0.39 is 11.2 Å². The minimum atomic E-state index is -0.544. The van der Waals surface area contributed by atoms with Crippen molar-refractivity contribution in [3.05, 3.63) is 40.6 Å². The van der Waals surface area contributed by atoms with Crippen LogP contribution in [0.4, 0.5) is 5.13 Å². The lowest BCUT2D eigenvalue weighted by molar-refractivity contribution is 0.394. The van der Waals surface area contributed by atoms with Gasteiger partial charge in [-0.1, -0.05) is 11.3 Å². The number of nitrogens with two attached hydrogens (primary N) is 1. The number of aromatic hydroxyl groups is 1. The third kappa shape index (κ3) is 2.42. The molecule has 0 fully saturated rings. The predicted octanol–water partition coefficient (Wildman–Crippen LogP) is 3.37. The van der Waals surface area contributed by atoms with Crippen LogP contribution in [0.3, 0.4) is 0 Å². The zero-order valence-electron chi connectivity index (χ0n) is 13.9. The van der Waals surface area contributed by atoms with E-state index in [0.29, 0.717) is 38.0 Å². The van der Waals surface area contributed by atoms with Crippen molar-refractivity contribution in [3.63, 3.8) is 0 Å². The maximum atomic E-state index is 12.8. The molecule has 0 aliphatic heterocycles. The molecule has 0 bridgehead atoms. The highest BCUT2D eigenvalue weighted by Crippen LogP contribution is 2.37. The Morgan fingerprint density at radius 2 is 1.85 bits per heavy atom. The maximum Gasteiger partial charge on any atom is 0.236 e. The zero-order valence-corrected chi connectivity index (χ0v) is 14.7. The Labute approximate surface area is 151 Å². The molecule has 0 spiro atoms. The van der Waals surface area contributed by atoms with Crippen LogP contribution in [-0.4, -0.2) is 24.3 Å². The Morgan fingerprint density at radius 1 is 1.15 bits per heavy atom. The number of methoxy groups -OCH3 is 2. The van der Waals surface area contributed by atoms with Gasteiger partial charge in [-0.25, -0.2) is 4.98 Å². The summed E-state index contributed by atoms with van der Waals surface area (Å²) in [5.74, 6) is 0.558. The summed E-state index contributed by atoms with van der Waals surface area (Å²) in [4.78, 5) is 17.0. The van der Waals surface area contributed by atoms with Gasteiger partial charge in [-0.3, -0.25) is 4.79 Å². The average molecular weight is 370 g/mol. The zero-order chi connectivity index (χ0) is 18.4. The van der Waals surface area contributed by atoms with Crippen molar-refractivity contribution in [2.24, 2.45) is 0 Å². The van der Waals surface area contributed by atoms with Gasteiger partial charge in [-0.05, 0) is 24.3 Å². The lowest BCUT2D eigenvalue weighted by atomic mass is 10.1. The molecule has 8 heteroatoms. The van der Waals surface area contributed by atoms with Crippen molar-refractivity contribution in [2.45, 2.75) is 0 Å². The van der Waals surface area contributed by atoms with Crippen LogP contribution in [-0.2, 0) is 0 Å². The Bertz CT molecular complexity index is 1190. The molecule has 0 aliphatic rings. The molecule has 26 heavy (non-hydrogen) atoms. The molecule has 2 heterocycles. The Balaban J connectivity index is 2.05. The lowest BCUT2D eigenvalue weighted by Gasteiger charge is -2.10. The molecule has 2 aromatic heterocycles. The van der Waals surface area contributed by atoms with Gasteiger partial charge in [-0.15, -0.1) is 0 Å². The first kappa shape index (κ1) is 16.2. The molecule has 4 aromatic rings. The van der Waals surface area contributed by atoms with Crippen LogP contribution in [0.1, 0.15) is 0 Å². The summed E-state index contributed by atoms with van der Waals surface area (Å²) < 4.78 is 16.9. The van der Waals surface area contributed by atoms with Crippen LogP contribution >= 0.6 is 11.3 Å². The fourth-order valence-electron chi connectivity index (χ4n) is 2.81. The van der Waals surface area contributed by atoms with Crippen LogP contribution < -0.4 is 20.6 Å². The van der Waals surface area contributed by atoms with Gasteiger partial charge in [-0.2, -0.15) is 0 Å². The monoisotopic (exact) mass is 370 g/mol. The molecular formula is C18H14N2O5S. The summed E-state index contributed by atoms with van der Waals surface area (Å²) in [6.45, 7) is 0. The van der Waals surface area contributed by atoms with Crippen LogP contribution in [0.2, 0.25) is 0 Å². The first-order chi connectivity index (χ1) is 12.5. The molecule has 0 atom stereocenters. The topological polar surface area (TPSA) is 108 Å². The molecule has 3 N–H and O–H groups in total. The van der Waals surface area contributed by atoms with Gasteiger partial charge in [0, 0.05) is 11.6 Å². The summed E-state index contributed by atoms with van der Waals surface area (Å²) in [7, 11) is 3.03. The van der Waals surface area contributed by atoms with Gasteiger partial charge in [0.2, 0.25) is 11.2 Å². The largest absolute Gasteiger partial charge is 0.502 e. The van der Waals surface area contributed by atoms with Gasteiger partial charge in [0.15, 0.2) is 10.9 Å². The van der Waals surface area contributed by atoms with E-state index in [1.807, 2.05) is 0 Å². The maximum absolute atomic E-state index is 12.8. The number of ether oxygens (including phenoxy) is 2. The smallest absolute Gasteiger partial charge is 0.236 e. The van der Waals surface area contributed by atoms with Crippen molar-refractivity contribution in [2.75, 3.05) is 20.0 Å². The van der Waals surface area contributed by atoms with E-state index in [2.05, 4.69) is 4.98 Å². The van der Waals surface area contributed by atoms with Gasteiger partial charge < -0.3 is 24.7 Å². The lowest BCUT2D eigenvalue weighted by Crippen LogP contribution is -2.03. The quantitative estimate of drug-likeness (QED) is 0.569. The van der Waals surface area contributed by atoms with Crippen LogP contribution in [0, 0.1) is 0 Å². The standard InChI is InChI=1S/C18H14N2O5S/c1-23-9-5-8(6-10(7-9)24-2)16-15(22)14(21)13-12(25-16)4-3-11-17(13)26-18(19)20-11/h3-7,22H,1-2H3,(H2,19,20). The fraction of sp³-hybridized carbons (Fsp3) is 0.111. The normalized spacial score (nSPS) is 11.2. The van der Waals surface area contributed by atoms with Crippen LogP contribution in [0.15, 0.2) is 39.5 Å². The average Bonchev–Trinajstić information content (AvgIpc) is 3.03. The molecule has 7 nitrogen and oxygen atoms in total. The van der Waals surface area contributed by atoms with E-state index in [4.69, 9.17) is 19.6 Å². The number of fused-ring (bicyclic) bond motifs is 3. The van der Waals surface area contributed by atoms with E-state index in [9.17, 15) is 9.90 Å². The molecule has 0 saturated carbocycles. The number of rotatable bonds is 3. The highest BCUT2D eigenvalue weighted by atomic mass is 32.1. The molecule has 0 radical (unpaired) electrons. The minimum Gasteiger partial charge on any atom is -0.502 e. The number of aromatic nitrogens is 1. The Morgan fingerprint density at radius 3 is 2.50 bits per heavy atom. The van der Waals surface area contributed by atoms with Gasteiger partial charge in [0.1, 0.15) is 17.1 Å². The third-order valence-corrected chi connectivity index (χ3v) is 4.94. The van der Waals surface area contributed by atoms with Crippen molar-refractivity contribution in [1.29, 1.82) is 0 Å². The molecule has 4 rings (SSSR count). The minimum absolute atomic E-state index is 0.0385. The molecule has 0 aliphatic carbocycles. The second kappa shape index (κ2) is 5.92. The molecule has 0 unspecified atom stereocenters. The van der Waals surface area contributed by atoms with Crippen molar-refractivity contribution in [3.8, 4) is 28.6 Å². The van der Waals surface area contributed by atoms with Crippen LogP contribution in [0.25, 0.3) is 32.5 Å². The van der Waals surface area contributed by atoms with Crippen molar-refractivity contribution < 1.29 is 19.0 Å². The Kier molecular flexibility index (Phi) is 3.69. The van der Waals surface area contributed by atoms with E-state index >= 15 is 0 Å². The van der Waals surface area contributed by atoms with E-state index in [1.54, 1.807) is 30.3 Å². The second-order valence-electron chi connectivity index (χ2n) is 5.55. The van der Waals surface area contributed by atoms with Crippen molar-refractivity contribution >= 4 is 37.7 Å². The first-order valence-corrected chi connectivity index (χ1v) is 8.41. The van der Waals surface area contributed by atoms with E-state index in [-0.39, 0.29) is 11.1 Å². The first-order valence-electron chi connectivity index (χ1n) is 7.60. The summed E-state index contributed by atoms with van der Waals surface area (Å²) in [6.07, 6.45) is 0. The SMILES string of the molecule is COc1cc(OC)cc(-c2oc3ccc4nc(N)sc4c3c(=O)c2O)c1. The van der Waals surface area contributed by atoms with Crippen molar-refractivity contribution in [1.82, 2.24) is 4.98 Å².